The average Bonchev–Trinajstić information content (AvgIpc) is 3.65. The summed E-state index contributed by atoms with van der Waals surface area (Å²) in [6, 6.07) is 44.0. The Morgan fingerprint density at radius 1 is 0.409 bits per heavy atom. The minimum Gasteiger partial charge on any atom is -0.455 e. The number of nitrogens with zero attached hydrogens (tertiary/aromatic N) is 2. The van der Waals surface area contributed by atoms with Crippen molar-refractivity contribution in [3.63, 3.8) is 0 Å². The molecule has 0 bridgehead atoms. The lowest BCUT2D eigenvalue weighted by molar-refractivity contribution is 0.658. The molecule has 0 amide bonds. The molecule has 204 valence electrons. The van der Waals surface area contributed by atoms with Crippen LogP contribution in [-0.4, -0.2) is 9.97 Å². The molecule has 4 heteroatoms. The molecule has 0 radical (unpaired) electrons. The Hall–Kier alpha value is -6.00. The van der Waals surface area contributed by atoms with Gasteiger partial charge in [-0.2, -0.15) is 0 Å². The van der Waals surface area contributed by atoms with Gasteiger partial charge in [-0.15, -0.1) is 0 Å². The molecule has 4 nitrogen and oxygen atoms in total. The van der Waals surface area contributed by atoms with Crippen LogP contribution in [0.3, 0.4) is 0 Å². The number of furan rings is 2. The number of hydrogen-bond donors (Lipinski definition) is 0. The standard InChI is InChI=1S/C40H22N2O2/c1-3-16-29-25(12-1)26-13-2-4-17-30(26)38-37(29)41-22-33(42-38)23-10-9-11-24(20-23)36-39-31(27-14-5-7-18-34(27)43-39)21-32-28-15-6-8-19-35(28)44-40(32)36/h1-22H. The number of hydrogen-bond acceptors (Lipinski definition) is 4. The summed E-state index contributed by atoms with van der Waals surface area (Å²) < 4.78 is 13.1. The summed E-state index contributed by atoms with van der Waals surface area (Å²) in [4.78, 5) is 10.2. The molecule has 10 aromatic rings. The molecule has 0 aliphatic rings. The Labute approximate surface area is 250 Å². The molecule has 3 heterocycles. The van der Waals surface area contributed by atoms with Crippen LogP contribution in [0.25, 0.3) is 98.8 Å². The maximum absolute atomic E-state index is 6.55. The molecule has 0 saturated carbocycles. The van der Waals surface area contributed by atoms with Crippen LogP contribution >= 0.6 is 0 Å². The summed E-state index contributed by atoms with van der Waals surface area (Å²) >= 11 is 0. The fourth-order valence-corrected chi connectivity index (χ4v) is 6.89. The van der Waals surface area contributed by atoms with Crippen molar-refractivity contribution in [2.24, 2.45) is 0 Å². The monoisotopic (exact) mass is 562 g/mol. The predicted octanol–water partition coefficient (Wildman–Crippen LogP) is 11.1. The topological polar surface area (TPSA) is 52.1 Å². The molecule has 44 heavy (non-hydrogen) atoms. The minimum atomic E-state index is 0.817. The van der Waals surface area contributed by atoms with Crippen LogP contribution < -0.4 is 0 Å². The van der Waals surface area contributed by atoms with Crippen LogP contribution in [0.1, 0.15) is 0 Å². The van der Waals surface area contributed by atoms with Gasteiger partial charge in [0.1, 0.15) is 22.3 Å². The quantitative estimate of drug-likeness (QED) is 0.197. The zero-order valence-electron chi connectivity index (χ0n) is 23.4. The summed E-state index contributed by atoms with van der Waals surface area (Å²) in [5.74, 6) is 0. The van der Waals surface area contributed by atoms with Gasteiger partial charge in [-0.1, -0.05) is 103 Å². The van der Waals surface area contributed by atoms with Crippen LogP contribution in [0, 0.1) is 0 Å². The van der Waals surface area contributed by atoms with E-state index < -0.39 is 0 Å². The van der Waals surface area contributed by atoms with Gasteiger partial charge in [0.2, 0.25) is 0 Å². The largest absolute Gasteiger partial charge is 0.455 e. The highest BCUT2D eigenvalue weighted by molar-refractivity contribution is 6.24. The van der Waals surface area contributed by atoms with Gasteiger partial charge in [0.15, 0.2) is 0 Å². The van der Waals surface area contributed by atoms with Gasteiger partial charge in [0.25, 0.3) is 0 Å². The second-order valence-electron chi connectivity index (χ2n) is 11.3. The summed E-state index contributed by atoms with van der Waals surface area (Å²) in [6.45, 7) is 0. The van der Waals surface area contributed by atoms with Crippen molar-refractivity contribution in [2.75, 3.05) is 0 Å². The number of fused-ring (bicyclic) bond motifs is 12. The smallest absolute Gasteiger partial charge is 0.147 e. The Morgan fingerprint density at radius 2 is 0.932 bits per heavy atom. The first-order chi connectivity index (χ1) is 21.8. The van der Waals surface area contributed by atoms with Crippen LogP contribution in [0.5, 0.6) is 0 Å². The number of aromatic nitrogens is 2. The lowest BCUT2D eigenvalue weighted by Gasteiger charge is -2.11. The van der Waals surface area contributed by atoms with E-state index in [1.807, 2.05) is 30.5 Å². The zero-order chi connectivity index (χ0) is 28.8. The molecular weight excluding hydrogens is 540 g/mol. The molecule has 10 rings (SSSR count). The highest BCUT2D eigenvalue weighted by Crippen LogP contribution is 2.45. The van der Waals surface area contributed by atoms with E-state index in [-0.39, 0.29) is 0 Å². The molecule has 3 aromatic heterocycles. The number of benzene rings is 7. The second kappa shape index (κ2) is 8.76. The molecule has 0 N–H and O–H groups in total. The van der Waals surface area contributed by atoms with Crippen molar-refractivity contribution in [2.45, 2.75) is 0 Å². The Kier molecular flexibility index (Phi) is 4.69. The van der Waals surface area contributed by atoms with E-state index in [1.165, 1.54) is 10.8 Å². The van der Waals surface area contributed by atoms with E-state index >= 15 is 0 Å². The molecule has 0 spiro atoms. The first-order valence-corrected chi connectivity index (χ1v) is 14.7. The summed E-state index contributed by atoms with van der Waals surface area (Å²) in [7, 11) is 0. The lowest BCUT2D eigenvalue weighted by atomic mass is 9.96. The number of para-hydroxylation sites is 2. The predicted molar refractivity (Wildman–Crippen MR) is 180 cm³/mol. The Bertz CT molecular complexity index is 2660. The van der Waals surface area contributed by atoms with E-state index in [0.717, 1.165) is 88.1 Å². The first-order valence-electron chi connectivity index (χ1n) is 14.7. The molecule has 0 aliphatic carbocycles. The van der Waals surface area contributed by atoms with Crippen LogP contribution in [0.4, 0.5) is 0 Å². The molecule has 0 unspecified atom stereocenters. The van der Waals surface area contributed by atoms with Gasteiger partial charge in [-0.3, -0.25) is 4.98 Å². The molecular formula is C40H22N2O2. The molecule has 0 saturated heterocycles. The zero-order valence-corrected chi connectivity index (χ0v) is 23.4. The third kappa shape index (κ3) is 3.22. The molecule has 0 fully saturated rings. The fraction of sp³-hybridized carbons (Fsp3) is 0. The number of rotatable bonds is 2. The maximum atomic E-state index is 6.55. The van der Waals surface area contributed by atoms with Gasteiger partial charge in [-0.05, 0) is 40.6 Å². The van der Waals surface area contributed by atoms with Crippen molar-refractivity contribution in [1.29, 1.82) is 0 Å². The van der Waals surface area contributed by atoms with Gasteiger partial charge in [0, 0.05) is 37.9 Å². The normalized spacial score (nSPS) is 12.1. The minimum absolute atomic E-state index is 0.817. The highest BCUT2D eigenvalue weighted by atomic mass is 16.3. The fourth-order valence-electron chi connectivity index (χ4n) is 6.89. The van der Waals surface area contributed by atoms with Gasteiger partial charge in [-0.25, -0.2) is 4.98 Å². The lowest BCUT2D eigenvalue weighted by Crippen LogP contribution is -1.92. The van der Waals surface area contributed by atoms with Crippen LogP contribution in [0.2, 0.25) is 0 Å². The maximum Gasteiger partial charge on any atom is 0.147 e. The third-order valence-electron chi connectivity index (χ3n) is 8.88. The van der Waals surface area contributed by atoms with Crippen molar-refractivity contribution in [1.82, 2.24) is 9.97 Å². The van der Waals surface area contributed by atoms with Gasteiger partial charge in [0.05, 0.1) is 28.5 Å². The molecule has 0 atom stereocenters. The highest BCUT2D eigenvalue weighted by Gasteiger charge is 2.21. The second-order valence-corrected chi connectivity index (χ2v) is 11.3. The van der Waals surface area contributed by atoms with Crippen molar-refractivity contribution in [3.05, 3.63) is 134 Å². The van der Waals surface area contributed by atoms with Gasteiger partial charge >= 0.3 is 0 Å². The van der Waals surface area contributed by atoms with E-state index in [0.29, 0.717) is 0 Å². The third-order valence-corrected chi connectivity index (χ3v) is 8.88. The summed E-state index contributed by atoms with van der Waals surface area (Å²) in [6.07, 6.45) is 1.89. The Balaban J connectivity index is 1.25. The van der Waals surface area contributed by atoms with E-state index in [1.54, 1.807) is 0 Å². The first kappa shape index (κ1) is 23.6. The van der Waals surface area contributed by atoms with E-state index in [4.69, 9.17) is 18.8 Å². The van der Waals surface area contributed by atoms with Gasteiger partial charge < -0.3 is 8.83 Å². The Morgan fingerprint density at radius 3 is 1.57 bits per heavy atom. The van der Waals surface area contributed by atoms with E-state index in [9.17, 15) is 0 Å². The van der Waals surface area contributed by atoms with E-state index in [2.05, 4.69) is 103 Å². The van der Waals surface area contributed by atoms with Crippen molar-refractivity contribution < 1.29 is 8.83 Å². The summed E-state index contributed by atoms with van der Waals surface area (Å²) in [5.41, 5.74) is 8.90. The average molecular weight is 563 g/mol. The molecule has 7 aromatic carbocycles. The van der Waals surface area contributed by atoms with Crippen molar-refractivity contribution in [3.8, 4) is 22.4 Å². The molecule has 0 aliphatic heterocycles. The van der Waals surface area contributed by atoms with Crippen molar-refractivity contribution >= 4 is 76.5 Å². The summed E-state index contributed by atoms with van der Waals surface area (Å²) in [5, 5.41) is 8.90. The van der Waals surface area contributed by atoms with Crippen LogP contribution in [-0.2, 0) is 0 Å². The van der Waals surface area contributed by atoms with Crippen LogP contribution in [0.15, 0.2) is 142 Å². The SMILES string of the molecule is c1cc(-c2cnc3c4ccccc4c4ccccc4c3n2)cc(-c2c3oc4ccccc4c3cc3c2oc2ccccc23)c1.